The zero-order valence-corrected chi connectivity index (χ0v) is 7.79. The van der Waals surface area contributed by atoms with Crippen molar-refractivity contribution in [2.24, 2.45) is 0 Å². The Morgan fingerprint density at radius 2 is 2.23 bits per heavy atom. The Labute approximate surface area is 82.7 Å². The van der Waals surface area contributed by atoms with Gasteiger partial charge in [-0.05, 0) is 12.1 Å². The predicted molar refractivity (Wildman–Crippen MR) is 52.9 cm³/mol. The molecule has 0 saturated carbocycles. The van der Waals surface area contributed by atoms with Gasteiger partial charge in [-0.3, -0.25) is 4.98 Å². The summed E-state index contributed by atoms with van der Waals surface area (Å²) in [6.07, 6.45) is 6.11. The molecule has 0 atom stereocenters. The van der Waals surface area contributed by atoms with Crippen molar-refractivity contribution in [3.05, 3.63) is 48.3 Å². The molecule has 0 spiro atoms. The standard InChI is InChI=1S/C9H9N3.ClH/c1-2-4-11-8(3-1)5-9-6-10-7-12-9;/h1-4,6-7H,5H2,(H,10,12);1H. The highest BCUT2D eigenvalue weighted by atomic mass is 35.5. The van der Waals surface area contributed by atoms with Gasteiger partial charge in [-0.15, -0.1) is 12.4 Å². The zero-order valence-electron chi connectivity index (χ0n) is 6.97. The number of halogens is 1. The fourth-order valence-corrected chi connectivity index (χ4v) is 1.08. The van der Waals surface area contributed by atoms with Crippen molar-refractivity contribution in [1.29, 1.82) is 0 Å². The normalized spacial score (nSPS) is 9.23. The summed E-state index contributed by atoms with van der Waals surface area (Å²) >= 11 is 0. The molecular formula is C9H10ClN3. The molecule has 68 valence electrons. The van der Waals surface area contributed by atoms with Crippen molar-refractivity contribution >= 4 is 12.4 Å². The fraction of sp³-hybridized carbons (Fsp3) is 0.111. The van der Waals surface area contributed by atoms with Gasteiger partial charge < -0.3 is 4.98 Å². The summed E-state index contributed by atoms with van der Waals surface area (Å²) in [7, 11) is 0. The molecule has 0 radical (unpaired) electrons. The number of aromatic nitrogens is 3. The SMILES string of the molecule is Cl.c1ccc(Cc2cnc[nH]2)nc1. The molecule has 2 heterocycles. The molecule has 2 aromatic rings. The Balaban J connectivity index is 0.000000845. The monoisotopic (exact) mass is 195 g/mol. The first-order chi connectivity index (χ1) is 5.95. The Kier molecular flexibility index (Phi) is 3.46. The third kappa shape index (κ3) is 2.56. The van der Waals surface area contributed by atoms with E-state index in [0.717, 1.165) is 17.8 Å². The molecule has 2 rings (SSSR count). The smallest absolute Gasteiger partial charge is 0.0921 e. The predicted octanol–water partition coefficient (Wildman–Crippen LogP) is 1.82. The van der Waals surface area contributed by atoms with E-state index in [-0.39, 0.29) is 12.4 Å². The molecule has 0 aliphatic heterocycles. The number of imidazole rings is 1. The van der Waals surface area contributed by atoms with Gasteiger partial charge in [0.05, 0.1) is 6.33 Å². The second-order valence-corrected chi connectivity index (χ2v) is 2.57. The first-order valence-corrected chi connectivity index (χ1v) is 3.82. The number of H-pyrrole nitrogens is 1. The molecule has 0 unspecified atom stereocenters. The molecule has 13 heavy (non-hydrogen) atoms. The number of aromatic amines is 1. The molecule has 0 amide bonds. The van der Waals surface area contributed by atoms with Gasteiger partial charge >= 0.3 is 0 Å². The first kappa shape index (κ1) is 9.74. The molecule has 0 aliphatic carbocycles. The molecule has 3 nitrogen and oxygen atoms in total. The number of nitrogens with zero attached hydrogens (tertiary/aromatic N) is 2. The van der Waals surface area contributed by atoms with Gasteiger partial charge in [-0.25, -0.2) is 4.98 Å². The van der Waals surface area contributed by atoms with E-state index in [9.17, 15) is 0 Å². The lowest BCUT2D eigenvalue weighted by molar-refractivity contribution is 1.03. The van der Waals surface area contributed by atoms with Gasteiger partial charge in [-0.1, -0.05) is 6.07 Å². The van der Waals surface area contributed by atoms with E-state index in [2.05, 4.69) is 15.0 Å². The minimum atomic E-state index is 0. The summed E-state index contributed by atoms with van der Waals surface area (Å²) in [5, 5.41) is 0. The van der Waals surface area contributed by atoms with Crippen molar-refractivity contribution in [1.82, 2.24) is 15.0 Å². The Morgan fingerprint density at radius 1 is 1.31 bits per heavy atom. The molecule has 4 heteroatoms. The van der Waals surface area contributed by atoms with Crippen LogP contribution in [0.15, 0.2) is 36.9 Å². The molecule has 0 fully saturated rings. The molecule has 0 aromatic carbocycles. The lowest BCUT2D eigenvalue weighted by Gasteiger charge is -1.95. The highest BCUT2D eigenvalue weighted by Crippen LogP contribution is 2.01. The van der Waals surface area contributed by atoms with Crippen LogP contribution in [0.25, 0.3) is 0 Å². The lowest BCUT2D eigenvalue weighted by atomic mass is 10.2. The first-order valence-electron chi connectivity index (χ1n) is 3.82. The maximum Gasteiger partial charge on any atom is 0.0921 e. The van der Waals surface area contributed by atoms with Crippen molar-refractivity contribution in [2.45, 2.75) is 6.42 Å². The van der Waals surface area contributed by atoms with Gasteiger partial charge in [0.1, 0.15) is 0 Å². The Hall–Kier alpha value is -1.35. The van der Waals surface area contributed by atoms with Gasteiger partial charge in [0.15, 0.2) is 0 Å². The van der Waals surface area contributed by atoms with E-state index in [4.69, 9.17) is 0 Å². The molecular weight excluding hydrogens is 186 g/mol. The molecule has 2 aromatic heterocycles. The van der Waals surface area contributed by atoms with Crippen LogP contribution < -0.4 is 0 Å². The summed E-state index contributed by atoms with van der Waals surface area (Å²) in [5.74, 6) is 0. The quantitative estimate of drug-likeness (QED) is 0.794. The van der Waals surface area contributed by atoms with Crippen LogP contribution in [0, 0.1) is 0 Å². The van der Waals surface area contributed by atoms with E-state index in [1.807, 2.05) is 24.4 Å². The summed E-state index contributed by atoms with van der Waals surface area (Å²) in [6.45, 7) is 0. The minimum absolute atomic E-state index is 0. The molecule has 0 aliphatic rings. The highest BCUT2D eigenvalue weighted by molar-refractivity contribution is 5.85. The van der Waals surface area contributed by atoms with E-state index in [1.165, 1.54) is 0 Å². The molecule has 1 N–H and O–H groups in total. The summed E-state index contributed by atoms with van der Waals surface area (Å²) < 4.78 is 0. The van der Waals surface area contributed by atoms with Crippen molar-refractivity contribution in [3.63, 3.8) is 0 Å². The maximum absolute atomic E-state index is 4.21. The second-order valence-electron chi connectivity index (χ2n) is 2.57. The van der Waals surface area contributed by atoms with E-state index >= 15 is 0 Å². The van der Waals surface area contributed by atoms with Crippen LogP contribution in [0.5, 0.6) is 0 Å². The minimum Gasteiger partial charge on any atom is -0.348 e. The van der Waals surface area contributed by atoms with Crippen LogP contribution in [-0.4, -0.2) is 15.0 Å². The van der Waals surface area contributed by atoms with Gasteiger partial charge in [0.2, 0.25) is 0 Å². The number of hydrogen-bond acceptors (Lipinski definition) is 2. The largest absolute Gasteiger partial charge is 0.348 e. The van der Waals surface area contributed by atoms with Gasteiger partial charge in [0.25, 0.3) is 0 Å². The summed E-state index contributed by atoms with van der Waals surface area (Å²) in [5.41, 5.74) is 2.15. The van der Waals surface area contributed by atoms with Gasteiger partial charge in [-0.2, -0.15) is 0 Å². The van der Waals surface area contributed by atoms with Gasteiger partial charge in [0, 0.05) is 30.2 Å². The molecule has 0 bridgehead atoms. The van der Waals surface area contributed by atoms with Crippen LogP contribution in [0.4, 0.5) is 0 Å². The van der Waals surface area contributed by atoms with Crippen LogP contribution in [0.2, 0.25) is 0 Å². The number of nitrogens with one attached hydrogen (secondary N) is 1. The van der Waals surface area contributed by atoms with Crippen LogP contribution in [0.3, 0.4) is 0 Å². The number of pyridine rings is 1. The maximum atomic E-state index is 4.21. The van der Waals surface area contributed by atoms with Crippen molar-refractivity contribution in [3.8, 4) is 0 Å². The van der Waals surface area contributed by atoms with Crippen molar-refractivity contribution in [2.75, 3.05) is 0 Å². The third-order valence-electron chi connectivity index (χ3n) is 1.65. The van der Waals surface area contributed by atoms with E-state index in [1.54, 1.807) is 12.5 Å². The zero-order chi connectivity index (χ0) is 8.23. The van der Waals surface area contributed by atoms with Crippen molar-refractivity contribution < 1.29 is 0 Å². The number of hydrogen-bond donors (Lipinski definition) is 1. The Bertz CT molecular complexity index is 331. The lowest BCUT2D eigenvalue weighted by Crippen LogP contribution is -1.90. The average Bonchev–Trinajstić information content (AvgIpc) is 2.59. The molecule has 0 saturated heterocycles. The summed E-state index contributed by atoms with van der Waals surface area (Å²) in [4.78, 5) is 11.2. The summed E-state index contributed by atoms with van der Waals surface area (Å²) in [6, 6.07) is 5.90. The Morgan fingerprint density at radius 3 is 2.85 bits per heavy atom. The van der Waals surface area contributed by atoms with Crippen LogP contribution >= 0.6 is 12.4 Å². The fourth-order valence-electron chi connectivity index (χ4n) is 1.08. The average molecular weight is 196 g/mol. The second kappa shape index (κ2) is 4.62. The van der Waals surface area contributed by atoms with E-state index in [0.29, 0.717) is 0 Å². The van der Waals surface area contributed by atoms with Crippen LogP contribution in [-0.2, 0) is 6.42 Å². The highest BCUT2D eigenvalue weighted by Gasteiger charge is 1.95. The third-order valence-corrected chi connectivity index (χ3v) is 1.65. The topological polar surface area (TPSA) is 41.6 Å². The van der Waals surface area contributed by atoms with E-state index < -0.39 is 0 Å². The van der Waals surface area contributed by atoms with Crippen LogP contribution in [0.1, 0.15) is 11.4 Å². The number of rotatable bonds is 2.